The van der Waals surface area contributed by atoms with E-state index >= 15 is 0 Å². The molecule has 2 heteroatoms. The van der Waals surface area contributed by atoms with Gasteiger partial charge in [-0.25, -0.2) is 4.39 Å². The van der Waals surface area contributed by atoms with Crippen molar-refractivity contribution in [2.45, 2.75) is 87.5 Å². The molecule has 0 aliphatic carbocycles. The summed E-state index contributed by atoms with van der Waals surface area (Å²) in [5, 5.41) is 0. The third-order valence-electron chi connectivity index (χ3n) is 4.38. The van der Waals surface area contributed by atoms with Crippen LogP contribution in [0.4, 0.5) is 4.39 Å². The quantitative estimate of drug-likeness (QED) is 0.434. The molecule has 1 nitrogen and oxygen atoms in total. The van der Waals surface area contributed by atoms with Crippen LogP contribution in [0.15, 0.2) is 24.3 Å². The number of ketones is 1. The molecule has 0 unspecified atom stereocenters. The predicted octanol–water partition coefficient (Wildman–Crippen LogP) is 7.63. The zero-order chi connectivity index (χ0) is 20.3. The molecule has 0 aliphatic heterocycles. The van der Waals surface area contributed by atoms with Crippen molar-refractivity contribution in [3.05, 3.63) is 41.2 Å². The van der Waals surface area contributed by atoms with E-state index in [0.717, 1.165) is 36.8 Å². The van der Waals surface area contributed by atoms with Gasteiger partial charge in [0, 0.05) is 11.0 Å². The number of aryl methyl sites for hydroxylation is 1. The lowest BCUT2D eigenvalue weighted by Crippen LogP contribution is -2.22. The standard InChI is InChI=1S/C22H33FO.C2H6/c1-7-10-16(11-8-2)14-19(21(24)22(4,5)6)18-12-13-20(23)17(9-3)15-18;1-2/h12-16H,7-11H2,1-6H3;1-2H3/b19-14+;. The molecular formula is C24H39FO. The zero-order valence-corrected chi connectivity index (χ0v) is 18.2. The molecule has 0 aliphatic rings. The number of benzene rings is 1. The van der Waals surface area contributed by atoms with Crippen LogP contribution in [0.2, 0.25) is 0 Å². The number of rotatable bonds is 8. The van der Waals surface area contributed by atoms with Crippen LogP contribution in [0, 0.1) is 17.2 Å². The smallest absolute Gasteiger partial charge is 0.168 e. The molecule has 0 atom stereocenters. The second-order valence-corrected chi connectivity index (χ2v) is 7.66. The number of hydrogen-bond donors (Lipinski definition) is 0. The Kier molecular flexibility index (Phi) is 11.4. The SMILES string of the molecule is CC.CCCC(/C=C(/C(=O)C(C)(C)C)c1ccc(F)c(CC)c1)CCC. The van der Waals surface area contributed by atoms with Crippen LogP contribution in [-0.4, -0.2) is 5.78 Å². The zero-order valence-electron chi connectivity index (χ0n) is 18.2. The molecule has 0 radical (unpaired) electrons. The van der Waals surface area contributed by atoms with E-state index in [-0.39, 0.29) is 11.6 Å². The molecule has 1 rings (SSSR count). The van der Waals surface area contributed by atoms with Crippen LogP contribution in [-0.2, 0) is 11.2 Å². The Bertz CT molecular complexity index is 572. The molecule has 0 fully saturated rings. The van der Waals surface area contributed by atoms with E-state index in [2.05, 4.69) is 19.9 Å². The van der Waals surface area contributed by atoms with Crippen LogP contribution in [0.1, 0.15) is 92.2 Å². The van der Waals surface area contributed by atoms with Gasteiger partial charge in [-0.2, -0.15) is 0 Å². The van der Waals surface area contributed by atoms with Crippen LogP contribution in [0.3, 0.4) is 0 Å². The van der Waals surface area contributed by atoms with Crippen molar-refractivity contribution in [2.75, 3.05) is 0 Å². The highest BCUT2D eigenvalue weighted by Crippen LogP contribution is 2.31. The molecule has 148 valence electrons. The van der Waals surface area contributed by atoms with Gasteiger partial charge in [0.15, 0.2) is 5.78 Å². The molecule has 26 heavy (non-hydrogen) atoms. The highest BCUT2D eigenvalue weighted by atomic mass is 19.1. The first-order valence-electron chi connectivity index (χ1n) is 10.3. The van der Waals surface area contributed by atoms with Crippen LogP contribution >= 0.6 is 0 Å². The van der Waals surface area contributed by atoms with E-state index < -0.39 is 5.41 Å². The lowest BCUT2D eigenvalue weighted by atomic mass is 9.81. The van der Waals surface area contributed by atoms with Gasteiger partial charge in [-0.05, 0) is 48.4 Å². The van der Waals surface area contributed by atoms with Gasteiger partial charge < -0.3 is 0 Å². The number of carbonyl (C=O) groups is 1. The van der Waals surface area contributed by atoms with E-state index in [9.17, 15) is 9.18 Å². The Balaban J connectivity index is 0.00000301. The average molecular weight is 363 g/mol. The summed E-state index contributed by atoms with van der Waals surface area (Å²) in [6.45, 7) is 16.1. The van der Waals surface area contributed by atoms with Gasteiger partial charge in [-0.1, -0.05) is 80.4 Å². The second kappa shape index (κ2) is 12.0. The highest BCUT2D eigenvalue weighted by Gasteiger charge is 2.27. The van der Waals surface area contributed by atoms with Gasteiger partial charge >= 0.3 is 0 Å². The number of halogens is 1. The molecule has 0 saturated heterocycles. The Morgan fingerprint density at radius 3 is 2.04 bits per heavy atom. The topological polar surface area (TPSA) is 17.1 Å². The van der Waals surface area contributed by atoms with E-state index in [1.807, 2.05) is 47.6 Å². The molecule has 1 aromatic carbocycles. The summed E-state index contributed by atoms with van der Waals surface area (Å²) >= 11 is 0. The summed E-state index contributed by atoms with van der Waals surface area (Å²) in [4.78, 5) is 13.0. The maximum Gasteiger partial charge on any atom is 0.168 e. The Morgan fingerprint density at radius 1 is 1.08 bits per heavy atom. The fraction of sp³-hybridized carbons (Fsp3) is 0.625. The highest BCUT2D eigenvalue weighted by molar-refractivity contribution is 6.23. The monoisotopic (exact) mass is 362 g/mol. The number of carbonyl (C=O) groups excluding carboxylic acids is 1. The van der Waals surface area contributed by atoms with E-state index in [1.54, 1.807) is 6.07 Å². The predicted molar refractivity (Wildman–Crippen MR) is 113 cm³/mol. The van der Waals surface area contributed by atoms with E-state index in [1.165, 1.54) is 6.07 Å². The fourth-order valence-electron chi connectivity index (χ4n) is 3.01. The molecule has 0 saturated carbocycles. The number of Topliss-reactive ketones (excluding diaryl/α,β-unsaturated/α-hetero) is 1. The molecule has 0 N–H and O–H groups in total. The number of allylic oxidation sites excluding steroid dienone is 2. The Labute approximate surface area is 161 Å². The van der Waals surface area contributed by atoms with Crippen molar-refractivity contribution >= 4 is 11.4 Å². The van der Waals surface area contributed by atoms with Crippen LogP contribution < -0.4 is 0 Å². The lowest BCUT2D eigenvalue weighted by Gasteiger charge is -2.22. The van der Waals surface area contributed by atoms with Gasteiger partial charge in [0.1, 0.15) is 5.82 Å². The Hall–Kier alpha value is -1.44. The number of hydrogen-bond acceptors (Lipinski definition) is 1. The van der Waals surface area contributed by atoms with E-state index in [0.29, 0.717) is 17.9 Å². The molecule has 0 amide bonds. The fourth-order valence-corrected chi connectivity index (χ4v) is 3.01. The lowest BCUT2D eigenvalue weighted by molar-refractivity contribution is -0.120. The molecule has 0 aromatic heterocycles. The summed E-state index contributed by atoms with van der Waals surface area (Å²) in [7, 11) is 0. The summed E-state index contributed by atoms with van der Waals surface area (Å²) in [6.07, 6.45) is 7.13. The minimum absolute atomic E-state index is 0.133. The van der Waals surface area contributed by atoms with Crippen LogP contribution in [0.5, 0.6) is 0 Å². The minimum Gasteiger partial charge on any atom is -0.294 e. The molecule has 0 spiro atoms. The Morgan fingerprint density at radius 2 is 1.62 bits per heavy atom. The third-order valence-corrected chi connectivity index (χ3v) is 4.38. The minimum atomic E-state index is -0.449. The van der Waals surface area contributed by atoms with Gasteiger partial charge in [-0.3, -0.25) is 4.79 Å². The van der Waals surface area contributed by atoms with Crippen LogP contribution in [0.25, 0.3) is 5.57 Å². The largest absolute Gasteiger partial charge is 0.294 e. The van der Waals surface area contributed by atoms with Crippen molar-refractivity contribution in [1.29, 1.82) is 0 Å². The maximum absolute atomic E-state index is 13.9. The van der Waals surface area contributed by atoms with Crippen molar-refractivity contribution in [1.82, 2.24) is 0 Å². The first kappa shape index (κ1) is 24.6. The average Bonchev–Trinajstić information content (AvgIpc) is 2.61. The van der Waals surface area contributed by atoms with Crippen molar-refractivity contribution in [3.8, 4) is 0 Å². The maximum atomic E-state index is 13.9. The van der Waals surface area contributed by atoms with Crippen molar-refractivity contribution < 1.29 is 9.18 Å². The van der Waals surface area contributed by atoms with Gasteiger partial charge in [0.2, 0.25) is 0 Å². The van der Waals surface area contributed by atoms with Gasteiger partial charge in [0.25, 0.3) is 0 Å². The van der Waals surface area contributed by atoms with Gasteiger partial charge in [-0.15, -0.1) is 0 Å². The van der Waals surface area contributed by atoms with Gasteiger partial charge in [0.05, 0.1) is 0 Å². The molecular weight excluding hydrogens is 323 g/mol. The summed E-state index contributed by atoms with van der Waals surface area (Å²) in [5.41, 5.74) is 1.83. The first-order valence-corrected chi connectivity index (χ1v) is 10.3. The van der Waals surface area contributed by atoms with Crippen molar-refractivity contribution in [2.24, 2.45) is 11.3 Å². The molecule has 0 bridgehead atoms. The molecule has 1 aromatic rings. The van der Waals surface area contributed by atoms with Crippen molar-refractivity contribution in [3.63, 3.8) is 0 Å². The van der Waals surface area contributed by atoms with E-state index in [4.69, 9.17) is 0 Å². The first-order chi connectivity index (χ1) is 12.2. The third kappa shape index (κ3) is 7.43. The summed E-state index contributed by atoms with van der Waals surface area (Å²) in [5.74, 6) is 0.340. The molecule has 0 heterocycles. The summed E-state index contributed by atoms with van der Waals surface area (Å²) < 4.78 is 13.9. The summed E-state index contributed by atoms with van der Waals surface area (Å²) in [6, 6.07) is 5.09. The normalized spacial score (nSPS) is 12.0. The second-order valence-electron chi connectivity index (χ2n) is 7.66.